The third kappa shape index (κ3) is 2.86. The first-order chi connectivity index (χ1) is 9.40. The summed E-state index contributed by atoms with van der Waals surface area (Å²) in [4.78, 5) is 18.4. The molecule has 0 fully saturated rings. The van der Waals surface area contributed by atoms with Crippen LogP contribution in [-0.4, -0.2) is 23.1 Å². The van der Waals surface area contributed by atoms with Crippen LogP contribution in [-0.2, 0) is 6.54 Å². The molecular weight excluding hydrogens is 298 g/mol. The quantitative estimate of drug-likeness (QED) is 0.848. The molecule has 2 rings (SSSR count). The average Bonchev–Trinajstić information content (AvgIpc) is 2.73. The third-order valence-corrected chi connectivity index (χ3v) is 4.13. The van der Waals surface area contributed by atoms with Crippen LogP contribution in [0, 0.1) is 6.92 Å². The molecule has 0 saturated heterocycles. The van der Waals surface area contributed by atoms with Crippen LogP contribution < -0.4 is 10.6 Å². The highest BCUT2D eigenvalue weighted by atomic mass is 35.5. The van der Waals surface area contributed by atoms with Gasteiger partial charge in [0.1, 0.15) is 0 Å². The summed E-state index contributed by atoms with van der Waals surface area (Å²) in [5, 5.41) is 9.62. The fourth-order valence-corrected chi connectivity index (χ4v) is 3.15. The van der Waals surface area contributed by atoms with E-state index in [1.165, 1.54) is 17.4 Å². The second-order valence-electron chi connectivity index (χ2n) is 4.42. The molecule has 0 aliphatic heterocycles. The Balaban J connectivity index is 2.41. The number of hydrogen-bond donors (Lipinski definition) is 2. The molecule has 106 valence electrons. The molecule has 3 N–H and O–H groups in total. The van der Waals surface area contributed by atoms with Gasteiger partial charge in [0.25, 0.3) is 0 Å². The van der Waals surface area contributed by atoms with Gasteiger partial charge in [-0.2, -0.15) is 0 Å². The van der Waals surface area contributed by atoms with Crippen molar-refractivity contribution in [2.24, 2.45) is 0 Å². The first-order valence-electron chi connectivity index (χ1n) is 5.82. The number of carboxylic acid groups (broad SMARTS) is 1. The van der Waals surface area contributed by atoms with Gasteiger partial charge in [-0.1, -0.05) is 11.6 Å². The fraction of sp³-hybridized carbons (Fsp3) is 0.231. The lowest BCUT2D eigenvalue weighted by Crippen LogP contribution is -2.20. The number of nitrogens with zero attached hydrogens (tertiary/aromatic N) is 2. The van der Waals surface area contributed by atoms with Gasteiger partial charge in [-0.25, -0.2) is 9.78 Å². The number of aromatic nitrogens is 1. The topological polar surface area (TPSA) is 79.5 Å². The summed E-state index contributed by atoms with van der Waals surface area (Å²) in [6.45, 7) is 2.46. The molecule has 7 heteroatoms. The Kier molecular flexibility index (Phi) is 4.15. The Bertz CT molecular complexity index is 657. The maximum absolute atomic E-state index is 11.3. The van der Waals surface area contributed by atoms with Crippen LogP contribution >= 0.6 is 22.9 Å². The summed E-state index contributed by atoms with van der Waals surface area (Å²) in [6, 6.07) is 2.97. The molecule has 0 unspecified atom stereocenters. The summed E-state index contributed by atoms with van der Waals surface area (Å²) in [5.41, 5.74) is 9.24. The lowest BCUT2D eigenvalue weighted by Gasteiger charge is -2.22. The average molecular weight is 312 g/mol. The first-order valence-corrected chi connectivity index (χ1v) is 7.08. The first kappa shape index (κ1) is 14.6. The normalized spacial score (nSPS) is 10.6. The number of nitrogens with two attached hydrogens (primary N) is 1. The van der Waals surface area contributed by atoms with E-state index in [4.69, 9.17) is 17.3 Å². The predicted molar refractivity (Wildman–Crippen MR) is 81.8 cm³/mol. The molecule has 0 aliphatic carbocycles. The number of thiazole rings is 1. The maximum Gasteiger partial charge on any atom is 0.337 e. The number of hydrogen-bond acceptors (Lipinski definition) is 5. The molecule has 0 spiro atoms. The number of rotatable bonds is 4. The summed E-state index contributed by atoms with van der Waals surface area (Å²) in [5.74, 6) is -1.05. The number of aryl methyl sites for hydroxylation is 1. The SMILES string of the molecule is Cc1ncsc1CN(C)c1c(Cl)cc(N)cc1C(=O)O. The van der Waals surface area contributed by atoms with Gasteiger partial charge in [-0.3, -0.25) is 0 Å². The lowest BCUT2D eigenvalue weighted by molar-refractivity contribution is 0.0697. The highest BCUT2D eigenvalue weighted by Crippen LogP contribution is 2.33. The standard InChI is InChI=1S/C13H14ClN3O2S/c1-7-11(20-6-16-7)5-17(2)12-9(13(18)19)3-8(15)4-10(12)14/h3-4,6H,5,15H2,1-2H3,(H,18,19). The van der Waals surface area contributed by atoms with Gasteiger partial charge in [-0.05, 0) is 19.1 Å². The van der Waals surface area contributed by atoms with Crippen LogP contribution in [0.25, 0.3) is 0 Å². The molecule has 2 aromatic rings. The molecule has 0 radical (unpaired) electrons. The summed E-state index contributed by atoms with van der Waals surface area (Å²) < 4.78 is 0. The maximum atomic E-state index is 11.3. The van der Waals surface area contributed by atoms with E-state index in [0.29, 0.717) is 22.9 Å². The van der Waals surface area contributed by atoms with Gasteiger partial charge in [0.2, 0.25) is 0 Å². The van der Waals surface area contributed by atoms with Gasteiger partial charge in [0.15, 0.2) is 0 Å². The highest BCUT2D eigenvalue weighted by molar-refractivity contribution is 7.09. The Hall–Kier alpha value is -1.79. The Labute approximate surface area is 125 Å². The van der Waals surface area contributed by atoms with E-state index in [9.17, 15) is 9.90 Å². The van der Waals surface area contributed by atoms with E-state index < -0.39 is 5.97 Å². The largest absolute Gasteiger partial charge is 0.478 e. The van der Waals surface area contributed by atoms with Crippen LogP contribution in [0.15, 0.2) is 17.6 Å². The molecule has 0 amide bonds. The molecule has 1 aromatic carbocycles. The van der Waals surface area contributed by atoms with E-state index in [1.807, 2.05) is 6.92 Å². The number of carbonyl (C=O) groups is 1. The number of anilines is 2. The molecule has 0 saturated carbocycles. The molecule has 1 heterocycles. The van der Waals surface area contributed by atoms with E-state index in [2.05, 4.69) is 4.98 Å². The lowest BCUT2D eigenvalue weighted by atomic mass is 10.1. The molecular formula is C13H14ClN3O2S. The van der Waals surface area contributed by atoms with Gasteiger partial charge in [0.05, 0.1) is 34.0 Å². The van der Waals surface area contributed by atoms with Crippen LogP contribution in [0.5, 0.6) is 0 Å². The third-order valence-electron chi connectivity index (χ3n) is 2.92. The smallest absolute Gasteiger partial charge is 0.337 e. The second kappa shape index (κ2) is 5.68. The summed E-state index contributed by atoms with van der Waals surface area (Å²) >= 11 is 7.68. The number of carboxylic acids is 1. The molecule has 5 nitrogen and oxygen atoms in total. The van der Waals surface area contributed by atoms with Crippen molar-refractivity contribution in [2.75, 3.05) is 17.7 Å². The van der Waals surface area contributed by atoms with Crippen molar-refractivity contribution in [3.8, 4) is 0 Å². The predicted octanol–water partition coefficient (Wildman–Crippen LogP) is 3.02. The van der Waals surface area contributed by atoms with E-state index >= 15 is 0 Å². The van der Waals surface area contributed by atoms with Crippen LogP contribution in [0.2, 0.25) is 5.02 Å². The molecule has 0 atom stereocenters. The monoisotopic (exact) mass is 311 g/mol. The fourth-order valence-electron chi connectivity index (χ4n) is 1.94. The molecule has 0 aliphatic rings. The van der Waals surface area contributed by atoms with Crippen molar-refractivity contribution in [1.82, 2.24) is 4.98 Å². The summed E-state index contributed by atoms with van der Waals surface area (Å²) in [6.07, 6.45) is 0. The van der Waals surface area contributed by atoms with Gasteiger partial charge >= 0.3 is 5.97 Å². The van der Waals surface area contributed by atoms with Gasteiger partial charge < -0.3 is 15.7 Å². The zero-order valence-corrected chi connectivity index (χ0v) is 12.6. The minimum atomic E-state index is -1.05. The zero-order valence-electron chi connectivity index (χ0n) is 11.1. The summed E-state index contributed by atoms with van der Waals surface area (Å²) in [7, 11) is 1.79. The van der Waals surface area contributed by atoms with Crippen LogP contribution in [0.3, 0.4) is 0 Å². The van der Waals surface area contributed by atoms with E-state index in [1.54, 1.807) is 23.5 Å². The Morgan fingerprint density at radius 1 is 1.55 bits per heavy atom. The van der Waals surface area contributed by atoms with Crippen LogP contribution in [0.4, 0.5) is 11.4 Å². The van der Waals surface area contributed by atoms with Crippen molar-refractivity contribution < 1.29 is 9.90 Å². The van der Waals surface area contributed by atoms with Crippen molar-refractivity contribution in [1.29, 1.82) is 0 Å². The van der Waals surface area contributed by atoms with E-state index in [-0.39, 0.29) is 5.56 Å². The second-order valence-corrected chi connectivity index (χ2v) is 5.77. The van der Waals surface area contributed by atoms with Crippen molar-refractivity contribution in [2.45, 2.75) is 13.5 Å². The van der Waals surface area contributed by atoms with E-state index in [0.717, 1.165) is 10.6 Å². The van der Waals surface area contributed by atoms with Crippen molar-refractivity contribution in [3.63, 3.8) is 0 Å². The Morgan fingerprint density at radius 2 is 2.25 bits per heavy atom. The highest BCUT2D eigenvalue weighted by Gasteiger charge is 2.19. The van der Waals surface area contributed by atoms with Crippen LogP contribution in [0.1, 0.15) is 20.9 Å². The van der Waals surface area contributed by atoms with Gasteiger partial charge in [-0.15, -0.1) is 11.3 Å². The van der Waals surface area contributed by atoms with Gasteiger partial charge in [0, 0.05) is 17.6 Å². The Morgan fingerprint density at radius 3 is 2.80 bits per heavy atom. The minimum absolute atomic E-state index is 0.0969. The minimum Gasteiger partial charge on any atom is -0.478 e. The zero-order chi connectivity index (χ0) is 14.9. The van der Waals surface area contributed by atoms with Crippen molar-refractivity contribution >= 4 is 40.3 Å². The number of aromatic carboxylic acids is 1. The number of halogens is 1. The number of benzene rings is 1. The molecule has 1 aromatic heterocycles. The molecule has 0 bridgehead atoms. The number of nitrogen functional groups attached to an aromatic ring is 1. The van der Waals surface area contributed by atoms with Crippen molar-refractivity contribution in [3.05, 3.63) is 38.8 Å². The molecule has 20 heavy (non-hydrogen) atoms.